The van der Waals surface area contributed by atoms with E-state index in [9.17, 15) is 0 Å². The molecule has 0 atom stereocenters. The molecule has 0 spiro atoms. The third kappa shape index (κ3) is 4.33. The molecule has 0 aliphatic carbocycles. The van der Waals surface area contributed by atoms with Crippen LogP contribution in [0.2, 0.25) is 0 Å². The summed E-state index contributed by atoms with van der Waals surface area (Å²) in [5, 5.41) is 3.41. The van der Waals surface area contributed by atoms with E-state index in [1.807, 2.05) is 42.9 Å². The number of aryl methyl sites for hydroxylation is 1. The fraction of sp³-hybridized carbons (Fsp3) is 0.150. The molecule has 4 heterocycles. The van der Waals surface area contributed by atoms with Crippen molar-refractivity contribution in [2.24, 2.45) is 0 Å². The number of pyridine rings is 2. The van der Waals surface area contributed by atoms with Gasteiger partial charge in [-0.25, -0.2) is 15.0 Å². The summed E-state index contributed by atoms with van der Waals surface area (Å²) in [6, 6.07) is 9.68. The second-order valence-electron chi connectivity index (χ2n) is 6.01. The summed E-state index contributed by atoms with van der Waals surface area (Å²) in [5.74, 6) is 1.47. The molecule has 0 unspecified atom stereocenters. The van der Waals surface area contributed by atoms with Gasteiger partial charge in [-0.2, -0.15) is 0 Å². The number of anilines is 1. The highest BCUT2D eigenvalue weighted by atomic mass is 15.0. The first kappa shape index (κ1) is 16.8. The lowest BCUT2D eigenvalue weighted by Crippen LogP contribution is -2.08. The van der Waals surface area contributed by atoms with E-state index in [1.54, 1.807) is 31.0 Å². The standard InChI is InChI=1S/C20H19N7/c1(12-27-13-11-23-15-27)6-24-19-14-18(16-2-7-21-8-3-16)25-20(26-19)17-4-9-22-10-5-17/h2-5,7-11,13-15H,1,6,12H2,(H,24,25,26). The summed E-state index contributed by atoms with van der Waals surface area (Å²) < 4.78 is 2.06. The predicted octanol–water partition coefficient (Wildman–Crippen LogP) is 3.30. The van der Waals surface area contributed by atoms with Gasteiger partial charge in [-0.15, -0.1) is 0 Å². The number of rotatable bonds is 7. The number of hydrogen-bond acceptors (Lipinski definition) is 6. The average molecular weight is 357 g/mol. The molecule has 7 nitrogen and oxygen atoms in total. The van der Waals surface area contributed by atoms with Crippen LogP contribution < -0.4 is 5.32 Å². The molecule has 0 amide bonds. The lowest BCUT2D eigenvalue weighted by atomic mass is 10.1. The Labute approximate surface area is 157 Å². The van der Waals surface area contributed by atoms with E-state index >= 15 is 0 Å². The van der Waals surface area contributed by atoms with E-state index in [2.05, 4.69) is 29.8 Å². The molecule has 4 aromatic heterocycles. The van der Waals surface area contributed by atoms with Crippen molar-refractivity contribution in [2.75, 3.05) is 11.9 Å². The van der Waals surface area contributed by atoms with Gasteiger partial charge in [0, 0.05) is 67.5 Å². The molecule has 0 aliphatic rings. The average Bonchev–Trinajstić information content (AvgIpc) is 3.26. The van der Waals surface area contributed by atoms with Crippen LogP contribution in [0.4, 0.5) is 5.82 Å². The maximum absolute atomic E-state index is 4.72. The summed E-state index contributed by atoms with van der Waals surface area (Å²) in [4.78, 5) is 21.6. The fourth-order valence-electron chi connectivity index (χ4n) is 2.74. The molecule has 0 aliphatic heterocycles. The smallest absolute Gasteiger partial charge is 0.162 e. The molecular formula is C20H19N7. The molecule has 4 rings (SSSR count). The van der Waals surface area contributed by atoms with Crippen molar-refractivity contribution in [2.45, 2.75) is 13.0 Å². The monoisotopic (exact) mass is 357 g/mol. The molecule has 134 valence electrons. The summed E-state index contributed by atoms with van der Waals surface area (Å²) in [7, 11) is 0. The molecule has 0 radical (unpaired) electrons. The minimum Gasteiger partial charge on any atom is -0.370 e. The van der Waals surface area contributed by atoms with Gasteiger partial charge >= 0.3 is 0 Å². The van der Waals surface area contributed by atoms with Crippen LogP contribution in [0.5, 0.6) is 0 Å². The van der Waals surface area contributed by atoms with E-state index in [4.69, 9.17) is 4.98 Å². The second-order valence-corrected chi connectivity index (χ2v) is 6.01. The Kier molecular flexibility index (Phi) is 5.10. The quantitative estimate of drug-likeness (QED) is 0.511. The Morgan fingerprint density at radius 2 is 1.56 bits per heavy atom. The van der Waals surface area contributed by atoms with Crippen molar-refractivity contribution in [3.8, 4) is 22.6 Å². The highest BCUT2D eigenvalue weighted by Crippen LogP contribution is 2.23. The highest BCUT2D eigenvalue weighted by molar-refractivity contribution is 5.66. The van der Waals surface area contributed by atoms with E-state index in [-0.39, 0.29) is 0 Å². The lowest BCUT2D eigenvalue weighted by molar-refractivity contribution is 0.660. The van der Waals surface area contributed by atoms with E-state index < -0.39 is 0 Å². The van der Waals surface area contributed by atoms with Crippen LogP contribution in [0.3, 0.4) is 0 Å². The Morgan fingerprint density at radius 3 is 2.26 bits per heavy atom. The first-order valence-corrected chi connectivity index (χ1v) is 8.78. The molecule has 1 N–H and O–H groups in total. The van der Waals surface area contributed by atoms with Crippen molar-refractivity contribution >= 4 is 5.82 Å². The zero-order valence-corrected chi connectivity index (χ0v) is 14.7. The Bertz CT molecular complexity index is 912. The van der Waals surface area contributed by atoms with Crippen LogP contribution in [-0.2, 0) is 6.54 Å². The van der Waals surface area contributed by atoms with Gasteiger partial charge in [0.05, 0.1) is 12.0 Å². The molecule has 0 bridgehead atoms. The van der Waals surface area contributed by atoms with Gasteiger partial charge in [-0.3, -0.25) is 9.97 Å². The second kappa shape index (κ2) is 8.18. The molecular weight excluding hydrogens is 338 g/mol. The first-order chi connectivity index (χ1) is 13.4. The van der Waals surface area contributed by atoms with Gasteiger partial charge in [-0.05, 0) is 30.7 Å². The van der Waals surface area contributed by atoms with Gasteiger partial charge in [0.2, 0.25) is 0 Å². The molecule has 0 aromatic carbocycles. The molecule has 4 aromatic rings. The number of imidazole rings is 1. The van der Waals surface area contributed by atoms with Crippen LogP contribution in [0, 0.1) is 0 Å². The van der Waals surface area contributed by atoms with Crippen molar-refractivity contribution in [3.63, 3.8) is 0 Å². The Hall–Kier alpha value is -3.61. The van der Waals surface area contributed by atoms with Gasteiger partial charge in [0.15, 0.2) is 5.82 Å². The molecule has 0 fully saturated rings. The molecule has 0 saturated carbocycles. The largest absolute Gasteiger partial charge is 0.370 e. The minimum absolute atomic E-state index is 0.670. The minimum atomic E-state index is 0.670. The van der Waals surface area contributed by atoms with Crippen molar-refractivity contribution in [1.29, 1.82) is 0 Å². The number of nitrogens with one attached hydrogen (secondary N) is 1. The Balaban J connectivity index is 1.56. The molecule has 0 saturated heterocycles. The Morgan fingerprint density at radius 1 is 0.815 bits per heavy atom. The normalized spacial score (nSPS) is 10.7. The van der Waals surface area contributed by atoms with Crippen LogP contribution >= 0.6 is 0 Å². The molecule has 7 heteroatoms. The van der Waals surface area contributed by atoms with Gasteiger partial charge in [0.25, 0.3) is 0 Å². The van der Waals surface area contributed by atoms with Crippen molar-refractivity contribution < 1.29 is 0 Å². The van der Waals surface area contributed by atoms with Gasteiger partial charge < -0.3 is 9.88 Å². The maximum atomic E-state index is 4.72. The van der Waals surface area contributed by atoms with Gasteiger partial charge in [0.1, 0.15) is 5.82 Å². The maximum Gasteiger partial charge on any atom is 0.162 e. The van der Waals surface area contributed by atoms with Crippen molar-refractivity contribution in [1.82, 2.24) is 29.5 Å². The summed E-state index contributed by atoms with van der Waals surface area (Å²) in [6.07, 6.45) is 13.6. The van der Waals surface area contributed by atoms with E-state index in [1.165, 1.54) is 0 Å². The van der Waals surface area contributed by atoms with Crippen molar-refractivity contribution in [3.05, 3.63) is 73.8 Å². The number of nitrogens with zero attached hydrogens (tertiary/aromatic N) is 6. The zero-order chi connectivity index (χ0) is 18.3. The topological polar surface area (TPSA) is 81.4 Å². The summed E-state index contributed by atoms with van der Waals surface area (Å²) >= 11 is 0. The van der Waals surface area contributed by atoms with Crippen LogP contribution in [-0.4, -0.2) is 36.0 Å². The lowest BCUT2D eigenvalue weighted by Gasteiger charge is -2.10. The summed E-state index contributed by atoms with van der Waals surface area (Å²) in [5.41, 5.74) is 2.79. The van der Waals surface area contributed by atoms with Gasteiger partial charge in [-0.1, -0.05) is 0 Å². The van der Waals surface area contributed by atoms with Crippen LogP contribution in [0.25, 0.3) is 22.6 Å². The van der Waals surface area contributed by atoms with E-state index in [0.717, 1.165) is 42.1 Å². The zero-order valence-electron chi connectivity index (χ0n) is 14.7. The SMILES string of the molecule is c1cc(-c2cc(NCCCn3ccnc3)nc(-c3ccncc3)n2)ccn1. The highest BCUT2D eigenvalue weighted by Gasteiger charge is 2.08. The third-order valence-electron chi connectivity index (χ3n) is 4.10. The predicted molar refractivity (Wildman–Crippen MR) is 104 cm³/mol. The summed E-state index contributed by atoms with van der Waals surface area (Å²) in [6.45, 7) is 1.72. The fourth-order valence-corrected chi connectivity index (χ4v) is 2.74. The molecule has 27 heavy (non-hydrogen) atoms. The van der Waals surface area contributed by atoms with Crippen LogP contribution in [0.15, 0.2) is 73.8 Å². The number of hydrogen-bond donors (Lipinski definition) is 1. The van der Waals surface area contributed by atoms with Crippen LogP contribution in [0.1, 0.15) is 6.42 Å². The third-order valence-corrected chi connectivity index (χ3v) is 4.10. The number of aromatic nitrogens is 6. The van der Waals surface area contributed by atoms with E-state index in [0.29, 0.717) is 5.82 Å². The first-order valence-electron chi connectivity index (χ1n) is 8.78.